The summed E-state index contributed by atoms with van der Waals surface area (Å²) in [4.78, 5) is 18.7. The maximum absolute atomic E-state index is 12.1. The van der Waals surface area contributed by atoms with Gasteiger partial charge in [-0.05, 0) is 36.1 Å². The van der Waals surface area contributed by atoms with Gasteiger partial charge < -0.3 is 9.64 Å². The molecule has 0 N–H and O–H groups in total. The smallest absolute Gasteiger partial charge is 0.264 e. The first-order chi connectivity index (χ1) is 9.22. The number of hydrogen-bond acceptors (Lipinski definition) is 4. The summed E-state index contributed by atoms with van der Waals surface area (Å²) in [6, 6.07) is 5.65. The molecule has 1 aliphatic heterocycles. The van der Waals surface area contributed by atoms with E-state index in [0.717, 1.165) is 16.2 Å². The normalized spacial score (nSPS) is 15.1. The van der Waals surface area contributed by atoms with E-state index < -0.39 is 0 Å². The highest BCUT2D eigenvalue weighted by atomic mass is 32.1. The predicted molar refractivity (Wildman–Crippen MR) is 73.6 cm³/mol. The average molecular weight is 274 g/mol. The van der Waals surface area contributed by atoms with Crippen molar-refractivity contribution in [2.45, 2.75) is 13.0 Å². The molecular formula is C14H14N2O2S. The van der Waals surface area contributed by atoms with Crippen molar-refractivity contribution in [2.24, 2.45) is 0 Å². The van der Waals surface area contributed by atoms with Gasteiger partial charge in [-0.15, -0.1) is 11.3 Å². The topological polar surface area (TPSA) is 42.4 Å². The van der Waals surface area contributed by atoms with Crippen molar-refractivity contribution in [3.05, 3.63) is 46.4 Å². The molecule has 2 aromatic rings. The van der Waals surface area contributed by atoms with Crippen LogP contribution >= 0.6 is 11.3 Å². The summed E-state index contributed by atoms with van der Waals surface area (Å²) in [7, 11) is 0. The highest BCUT2D eigenvalue weighted by Crippen LogP contribution is 2.22. The zero-order valence-electron chi connectivity index (χ0n) is 10.6. The number of ether oxygens (including phenoxy) is 1. The number of thiophene rings is 1. The Labute approximate surface area is 115 Å². The number of pyridine rings is 1. The lowest BCUT2D eigenvalue weighted by molar-refractivity contribution is 0.0180. The maximum atomic E-state index is 12.1. The second-order valence-electron chi connectivity index (χ2n) is 4.63. The number of nitrogens with zero attached hydrogens (tertiary/aromatic N) is 2. The summed E-state index contributed by atoms with van der Waals surface area (Å²) in [5.74, 6) is 0.857. The molecule has 0 spiro atoms. The zero-order chi connectivity index (χ0) is 13.2. The minimum atomic E-state index is 0.0780. The van der Waals surface area contributed by atoms with Crippen LogP contribution in [0.5, 0.6) is 5.75 Å². The van der Waals surface area contributed by atoms with Crippen molar-refractivity contribution in [3.63, 3.8) is 0 Å². The van der Waals surface area contributed by atoms with Crippen molar-refractivity contribution in [1.29, 1.82) is 0 Å². The largest absolute Gasteiger partial charge is 0.485 e. The summed E-state index contributed by atoms with van der Waals surface area (Å²) in [5.41, 5.74) is 1.14. The van der Waals surface area contributed by atoms with E-state index in [-0.39, 0.29) is 12.0 Å². The fourth-order valence-electron chi connectivity index (χ4n) is 1.99. The number of aryl methyl sites for hydroxylation is 1. The Morgan fingerprint density at radius 1 is 1.53 bits per heavy atom. The Bertz CT molecular complexity index is 576. The first-order valence-corrected chi connectivity index (χ1v) is 7.01. The first kappa shape index (κ1) is 12.2. The highest BCUT2D eigenvalue weighted by molar-refractivity contribution is 7.12. The molecule has 0 saturated carbocycles. The highest BCUT2D eigenvalue weighted by Gasteiger charge is 2.33. The molecule has 1 aliphatic rings. The third kappa shape index (κ3) is 2.61. The van der Waals surface area contributed by atoms with Crippen LogP contribution in [0.4, 0.5) is 0 Å². The monoisotopic (exact) mass is 274 g/mol. The molecule has 3 heterocycles. The van der Waals surface area contributed by atoms with E-state index in [4.69, 9.17) is 4.74 Å². The Kier molecular flexibility index (Phi) is 3.21. The van der Waals surface area contributed by atoms with Crippen LogP contribution in [-0.2, 0) is 0 Å². The third-order valence-corrected chi connectivity index (χ3v) is 4.05. The molecule has 0 aliphatic carbocycles. The second-order valence-corrected chi connectivity index (χ2v) is 5.54. The van der Waals surface area contributed by atoms with E-state index in [0.29, 0.717) is 13.1 Å². The van der Waals surface area contributed by atoms with Crippen molar-refractivity contribution < 1.29 is 9.53 Å². The summed E-state index contributed by atoms with van der Waals surface area (Å²) in [6.07, 6.45) is 3.48. The predicted octanol–water partition coefficient (Wildman–Crippen LogP) is 2.35. The fraction of sp³-hybridized carbons (Fsp3) is 0.286. The van der Waals surface area contributed by atoms with E-state index >= 15 is 0 Å². The van der Waals surface area contributed by atoms with E-state index in [2.05, 4.69) is 4.98 Å². The SMILES string of the molecule is Cc1csc(C(=O)N2CC(Oc3cccnc3)C2)c1. The maximum Gasteiger partial charge on any atom is 0.264 e. The number of hydrogen-bond donors (Lipinski definition) is 0. The zero-order valence-corrected chi connectivity index (χ0v) is 11.4. The summed E-state index contributed by atoms with van der Waals surface area (Å²) in [6.45, 7) is 3.28. The number of carbonyl (C=O) groups is 1. The van der Waals surface area contributed by atoms with Crippen LogP contribution in [0, 0.1) is 6.92 Å². The fourth-order valence-corrected chi connectivity index (χ4v) is 2.85. The van der Waals surface area contributed by atoms with Gasteiger partial charge in [-0.1, -0.05) is 0 Å². The Morgan fingerprint density at radius 2 is 2.37 bits per heavy atom. The van der Waals surface area contributed by atoms with E-state index in [1.807, 2.05) is 35.4 Å². The van der Waals surface area contributed by atoms with Crippen molar-refractivity contribution in [1.82, 2.24) is 9.88 Å². The molecule has 1 amide bonds. The van der Waals surface area contributed by atoms with Crippen molar-refractivity contribution >= 4 is 17.2 Å². The number of likely N-dealkylation sites (tertiary alicyclic amines) is 1. The molecule has 98 valence electrons. The van der Waals surface area contributed by atoms with Crippen molar-refractivity contribution in [2.75, 3.05) is 13.1 Å². The third-order valence-electron chi connectivity index (χ3n) is 3.01. The van der Waals surface area contributed by atoms with Crippen LogP contribution in [0.15, 0.2) is 36.0 Å². The Balaban J connectivity index is 1.54. The molecule has 2 aromatic heterocycles. The first-order valence-electron chi connectivity index (χ1n) is 6.13. The Hall–Kier alpha value is -1.88. The molecule has 1 saturated heterocycles. The van der Waals surface area contributed by atoms with Gasteiger partial charge in [0.2, 0.25) is 0 Å². The van der Waals surface area contributed by atoms with E-state index in [1.165, 1.54) is 11.3 Å². The molecule has 0 aromatic carbocycles. The van der Waals surface area contributed by atoms with Gasteiger partial charge in [-0.3, -0.25) is 9.78 Å². The van der Waals surface area contributed by atoms with Crippen LogP contribution in [0.3, 0.4) is 0 Å². The summed E-state index contributed by atoms with van der Waals surface area (Å²) >= 11 is 1.50. The average Bonchev–Trinajstić information content (AvgIpc) is 2.80. The molecular weight excluding hydrogens is 260 g/mol. The van der Waals surface area contributed by atoms with Gasteiger partial charge in [0, 0.05) is 6.20 Å². The second kappa shape index (κ2) is 5.01. The van der Waals surface area contributed by atoms with Crippen LogP contribution in [0.1, 0.15) is 15.2 Å². The van der Waals surface area contributed by atoms with Gasteiger partial charge >= 0.3 is 0 Å². The lowest BCUT2D eigenvalue weighted by Gasteiger charge is -2.38. The van der Waals surface area contributed by atoms with Crippen molar-refractivity contribution in [3.8, 4) is 5.75 Å². The molecule has 3 rings (SSSR count). The molecule has 0 bridgehead atoms. The number of carbonyl (C=O) groups excluding carboxylic acids is 1. The minimum absolute atomic E-state index is 0.0780. The van der Waals surface area contributed by atoms with Crippen LogP contribution < -0.4 is 4.74 Å². The molecule has 5 heteroatoms. The van der Waals surface area contributed by atoms with Crippen LogP contribution in [-0.4, -0.2) is 35.0 Å². The molecule has 19 heavy (non-hydrogen) atoms. The van der Waals surface area contributed by atoms with Gasteiger partial charge in [-0.2, -0.15) is 0 Å². The number of aromatic nitrogens is 1. The minimum Gasteiger partial charge on any atom is -0.485 e. The van der Waals surface area contributed by atoms with Gasteiger partial charge in [0.25, 0.3) is 5.91 Å². The van der Waals surface area contributed by atoms with Crippen LogP contribution in [0.25, 0.3) is 0 Å². The standard InChI is InChI=1S/C14H14N2O2S/c1-10-5-13(19-9-10)14(17)16-7-12(8-16)18-11-3-2-4-15-6-11/h2-6,9,12H,7-8H2,1H3. The van der Waals surface area contributed by atoms with Gasteiger partial charge in [0.15, 0.2) is 0 Å². The van der Waals surface area contributed by atoms with Gasteiger partial charge in [-0.25, -0.2) is 0 Å². The molecule has 0 unspecified atom stereocenters. The molecule has 0 atom stereocenters. The molecule has 1 fully saturated rings. The van der Waals surface area contributed by atoms with E-state index in [1.54, 1.807) is 12.4 Å². The van der Waals surface area contributed by atoms with Gasteiger partial charge in [0.1, 0.15) is 11.9 Å². The lowest BCUT2D eigenvalue weighted by atomic mass is 10.1. The summed E-state index contributed by atoms with van der Waals surface area (Å²) in [5, 5.41) is 2.00. The van der Waals surface area contributed by atoms with E-state index in [9.17, 15) is 4.79 Å². The molecule has 4 nitrogen and oxygen atoms in total. The Morgan fingerprint density at radius 3 is 3.00 bits per heavy atom. The van der Waals surface area contributed by atoms with Gasteiger partial charge in [0.05, 0.1) is 24.2 Å². The quantitative estimate of drug-likeness (QED) is 0.863. The summed E-state index contributed by atoms with van der Waals surface area (Å²) < 4.78 is 5.72. The van der Waals surface area contributed by atoms with Crippen LogP contribution in [0.2, 0.25) is 0 Å². The number of rotatable bonds is 3. The number of amides is 1. The lowest BCUT2D eigenvalue weighted by Crippen LogP contribution is -2.56. The molecule has 0 radical (unpaired) electrons.